The molecule has 0 radical (unpaired) electrons. The summed E-state index contributed by atoms with van der Waals surface area (Å²) in [7, 11) is 0. The van der Waals surface area contributed by atoms with Crippen molar-refractivity contribution in [3.8, 4) is 10.6 Å². The van der Waals surface area contributed by atoms with Gasteiger partial charge in [-0.15, -0.1) is 11.3 Å². The molecule has 3 heterocycles. The zero-order valence-electron chi connectivity index (χ0n) is 13.2. The lowest BCUT2D eigenvalue weighted by Crippen LogP contribution is -2.47. The van der Waals surface area contributed by atoms with E-state index in [2.05, 4.69) is 15.7 Å². The quantitative estimate of drug-likeness (QED) is 0.813. The summed E-state index contributed by atoms with van der Waals surface area (Å²) >= 11 is 3.21. The van der Waals surface area contributed by atoms with Crippen LogP contribution in [0.2, 0.25) is 0 Å². The second-order valence-electron chi connectivity index (χ2n) is 5.92. The fraction of sp³-hybridized carbons (Fsp3) is 0.438. The summed E-state index contributed by atoms with van der Waals surface area (Å²) in [6, 6.07) is 2.20. The number of thiophene rings is 1. The number of aromatic nitrogens is 1. The van der Waals surface area contributed by atoms with Crippen LogP contribution in [0.5, 0.6) is 0 Å². The van der Waals surface area contributed by atoms with Crippen LogP contribution in [0.3, 0.4) is 0 Å². The van der Waals surface area contributed by atoms with E-state index in [1.165, 1.54) is 0 Å². The Morgan fingerprint density at radius 1 is 1.33 bits per heavy atom. The number of nitrogens with zero attached hydrogens (tertiary/aromatic N) is 2. The maximum atomic E-state index is 12.2. The third kappa shape index (κ3) is 4.62. The number of hydrogen-bond acceptors (Lipinski definition) is 6. The summed E-state index contributed by atoms with van der Waals surface area (Å²) in [4.78, 5) is 29.7. The molecule has 1 aliphatic rings. The largest absolute Gasteiger partial charge is 0.369 e. The molecule has 0 aromatic carbocycles. The standard InChI is InChI=1S/C16H20N4O2S2/c17-14(21)8-20-4-1-12(2-5-20)18-15(22)7-13-10-24-16(19-13)11-3-6-23-9-11/h3,6,9-10,12H,1-2,4-5,7-8H2,(H2,17,21)(H,18,22). The predicted molar refractivity (Wildman–Crippen MR) is 95.9 cm³/mol. The van der Waals surface area contributed by atoms with Crippen molar-refractivity contribution in [1.82, 2.24) is 15.2 Å². The maximum Gasteiger partial charge on any atom is 0.231 e. The molecule has 24 heavy (non-hydrogen) atoms. The molecular weight excluding hydrogens is 344 g/mol. The molecule has 3 rings (SSSR count). The number of primary amides is 1. The molecule has 0 aliphatic carbocycles. The average Bonchev–Trinajstić information content (AvgIpc) is 3.19. The van der Waals surface area contributed by atoms with Gasteiger partial charge < -0.3 is 11.1 Å². The van der Waals surface area contributed by atoms with Crippen molar-refractivity contribution in [3.05, 3.63) is 27.9 Å². The highest BCUT2D eigenvalue weighted by atomic mass is 32.1. The number of rotatable bonds is 6. The maximum absolute atomic E-state index is 12.2. The van der Waals surface area contributed by atoms with E-state index >= 15 is 0 Å². The van der Waals surface area contributed by atoms with Gasteiger partial charge in [-0.05, 0) is 24.3 Å². The van der Waals surface area contributed by atoms with Gasteiger partial charge in [-0.1, -0.05) is 0 Å². The number of hydrogen-bond donors (Lipinski definition) is 2. The first kappa shape index (κ1) is 17.1. The van der Waals surface area contributed by atoms with Crippen LogP contribution in [0.25, 0.3) is 10.6 Å². The molecule has 1 saturated heterocycles. The highest BCUT2D eigenvalue weighted by Crippen LogP contribution is 2.25. The second kappa shape index (κ2) is 7.87. The van der Waals surface area contributed by atoms with Gasteiger partial charge in [0.05, 0.1) is 18.7 Å². The Kier molecular flexibility index (Phi) is 5.60. The predicted octanol–water partition coefficient (Wildman–Crippen LogP) is 1.48. The molecule has 0 unspecified atom stereocenters. The van der Waals surface area contributed by atoms with Crippen molar-refractivity contribution in [2.24, 2.45) is 5.73 Å². The summed E-state index contributed by atoms with van der Waals surface area (Å²) in [5.74, 6) is -0.298. The highest BCUT2D eigenvalue weighted by Gasteiger charge is 2.21. The number of carbonyl (C=O) groups excluding carboxylic acids is 2. The van der Waals surface area contributed by atoms with Gasteiger partial charge in [-0.2, -0.15) is 11.3 Å². The Labute approximate surface area is 148 Å². The van der Waals surface area contributed by atoms with Crippen LogP contribution in [-0.4, -0.2) is 47.4 Å². The number of nitrogens with two attached hydrogens (primary N) is 1. The third-order valence-electron chi connectivity index (χ3n) is 3.99. The third-order valence-corrected chi connectivity index (χ3v) is 5.62. The first-order chi connectivity index (χ1) is 11.6. The SMILES string of the molecule is NC(=O)CN1CCC(NC(=O)Cc2csc(-c3ccsc3)n2)CC1. The number of carbonyl (C=O) groups is 2. The molecule has 6 nitrogen and oxygen atoms in total. The van der Waals surface area contributed by atoms with Gasteiger partial charge in [0.15, 0.2) is 0 Å². The summed E-state index contributed by atoms with van der Waals surface area (Å²) < 4.78 is 0. The van der Waals surface area contributed by atoms with Crippen molar-refractivity contribution in [2.45, 2.75) is 25.3 Å². The lowest BCUT2D eigenvalue weighted by molar-refractivity contribution is -0.122. The summed E-state index contributed by atoms with van der Waals surface area (Å²) in [5.41, 5.74) is 7.13. The van der Waals surface area contributed by atoms with Crippen molar-refractivity contribution < 1.29 is 9.59 Å². The minimum Gasteiger partial charge on any atom is -0.369 e. The van der Waals surface area contributed by atoms with Gasteiger partial charge in [-0.25, -0.2) is 4.98 Å². The van der Waals surface area contributed by atoms with Crippen molar-refractivity contribution in [2.75, 3.05) is 19.6 Å². The van der Waals surface area contributed by atoms with Gasteiger partial charge in [0.1, 0.15) is 5.01 Å². The molecule has 1 aliphatic heterocycles. The highest BCUT2D eigenvalue weighted by molar-refractivity contribution is 7.14. The Hall–Kier alpha value is -1.77. The van der Waals surface area contributed by atoms with Crippen molar-refractivity contribution in [1.29, 1.82) is 0 Å². The van der Waals surface area contributed by atoms with Crippen LogP contribution in [-0.2, 0) is 16.0 Å². The van der Waals surface area contributed by atoms with Crippen LogP contribution in [0.15, 0.2) is 22.2 Å². The molecule has 0 saturated carbocycles. The van der Waals surface area contributed by atoms with Crippen molar-refractivity contribution >= 4 is 34.5 Å². The summed E-state index contributed by atoms with van der Waals surface area (Å²) in [6.07, 6.45) is 1.99. The van der Waals surface area contributed by atoms with E-state index in [9.17, 15) is 9.59 Å². The van der Waals surface area contributed by atoms with Crippen molar-refractivity contribution in [3.63, 3.8) is 0 Å². The fourth-order valence-corrected chi connectivity index (χ4v) is 4.34. The van der Waals surface area contributed by atoms with E-state index in [4.69, 9.17) is 5.73 Å². The Morgan fingerprint density at radius 3 is 2.79 bits per heavy atom. The zero-order valence-corrected chi connectivity index (χ0v) is 14.9. The van der Waals surface area contributed by atoms with Gasteiger partial charge >= 0.3 is 0 Å². The normalized spacial score (nSPS) is 16.2. The average molecular weight is 364 g/mol. The van der Waals surface area contributed by atoms with E-state index in [0.29, 0.717) is 13.0 Å². The molecule has 0 spiro atoms. The van der Waals surface area contributed by atoms with Gasteiger partial charge in [0, 0.05) is 35.5 Å². The lowest BCUT2D eigenvalue weighted by atomic mass is 10.0. The van der Waals surface area contributed by atoms with E-state index in [0.717, 1.165) is 42.2 Å². The number of likely N-dealkylation sites (tertiary alicyclic amines) is 1. The van der Waals surface area contributed by atoms with Crippen LogP contribution in [0.4, 0.5) is 0 Å². The number of amides is 2. The number of thiazole rings is 1. The van der Waals surface area contributed by atoms with E-state index in [-0.39, 0.29) is 17.9 Å². The monoisotopic (exact) mass is 364 g/mol. The van der Waals surface area contributed by atoms with Gasteiger partial charge in [0.2, 0.25) is 11.8 Å². The Morgan fingerprint density at radius 2 is 2.12 bits per heavy atom. The molecule has 2 aromatic rings. The molecule has 128 valence electrons. The molecular formula is C16H20N4O2S2. The van der Waals surface area contributed by atoms with Crippen LogP contribution >= 0.6 is 22.7 Å². The lowest BCUT2D eigenvalue weighted by Gasteiger charge is -2.31. The minimum atomic E-state index is -0.303. The molecule has 2 aromatic heterocycles. The smallest absolute Gasteiger partial charge is 0.231 e. The molecule has 0 bridgehead atoms. The van der Waals surface area contributed by atoms with E-state index in [1.807, 2.05) is 21.7 Å². The van der Waals surface area contributed by atoms with E-state index in [1.54, 1.807) is 22.7 Å². The molecule has 3 N–H and O–H groups in total. The molecule has 8 heteroatoms. The zero-order chi connectivity index (χ0) is 16.9. The number of nitrogens with one attached hydrogen (secondary N) is 1. The van der Waals surface area contributed by atoms with Crippen LogP contribution in [0.1, 0.15) is 18.5 Å². The van der Waals surface area contributed by atoms with Gasteiger partial charge in [-0.3, -0.25) is 14.5 Å². The molecule has 2 amide bonds. The first-order valence-corrected chi connectivity index (χ1v) is 9.69. The minimum absolute atomic E-state index is 0.00511. The second-order valence-corrected chi connectivity index (χ2v) is 7.56. The van der Waals surface area contributed by atoms with Gasteiger partial charge in [0.25, 0.3) is 0 Å². The fourth-order valence-electron chi connectivity index (χ4n) is 2.81. The Balaban J connectivity index is 1.46. The first-order valence-electron chi connectivity index (χ1n) is 7.87. The number of piperidine rings is 1. The van der Waals surface area contributed by atoms with Crippen LogP contribution in [0, 0.1) is 0 Å². The van der Waals surface area contributed by atoms with E-state index < -0.39 is 0 Å². The summed E-state index contributed by atoms with van der Waals surface area (Å²) in [6.45, 7) is 1.87. The Bertz CT molecular complexity index is 691. The molecule has 0 atom stereocenters. The molecule has 1 fully saturated rings. The van der Waals surface area contributed by atoms with Crippen LogP contribution < -0.4 is 11.1 Å². The summed E-state index contributed by atoms with van der Waals surface area (Å²) in [5, 5.41) is 10.1. The topological polar surface area (TPSA) is 88.3 Å².